The van der Waals surface area contributed by atoms with Gasteiger partial charge in [0, 0.05) is 45.5 Å². The quantitative estimate of drug-likeness (QED) is 0.545. The lowest BCUT2D eigenvalue weighted by Crippen LogP contribution is -2.49. The highest BCUT2D eigenvalue weighted by molar-refractivity contribution is 7.89. The van der Waals surface area contributed by atoms with Crippen molar-refractivity contribution >= 4 is 21.6 Å². The number of aromatic nitrogens is 2. The van der Waals surface area contributed by atoms with E-state index >= 15 is 0 Å². The van der Waals surface area contributed by atoms with Gasteiger partial charge in [0.15, 0.2) is 0 Å². The maximum absolute atomic E-state index is 13.4. The average Bonchev–Trinajstić information content (AvgIpc) is 3.23. The van der Waals surface area contributed by atoms with Crippen molar-refractivity contribution in [1.29, 1.82) is 0 Å². The molecule has 0 bridgehead atoms. The van der Waals surface area contributed by atoms with E-state index in [2.05, 4.69) is 21.9 Å². The van der Waals surface area contributed by atoms with E-state index in [1.165, 1.54) is 15.2 Å². The second kappa shape index (κ2) is 10.6. The number of hydrogen-bond donors (Lipinski definition) is 1. The smallest absolute Gasteiger partial charge is 0.263 e. The van der Waals surface area contributed by atoms with Gasteiger partial charge in [0.1, 0.15) is 5.75 Å². The van der Waals surface area contributed by atoms with Crippen molar-refractivity contribution in [1.82, 2.24) is 19.4 Å². The molecule has 1 aromatic heterocycles. The fraction of sp³-hybridized carbons (Fsp3) is 0.455. The molecule has 0 atom stereocenters. The van der Waals surface area contributed by atoms with Gasteiger partial charge in [-0.25, -0.2) is 8.42 Å². The molecule has 0 saturated carbocycles. The van der Waals surface area contributed by atoms with Gasteiger partial charge in [-0.3, -0.25) is 9.48 Å². The van der Waals surface area contributed by atoms with Crippen molar-refractivity contribution < 1.29 is 17.9 Å². The van der Waals surface area contributed by atoms with Gasteiger partial charge in [-0.2, -0.15) is 9.40 Å². The van der Waals surface area contributed by atoms with Gasteiger partial charge < -0.3 is 15.0 Å². The number of anilines is 1. The summed E-state index contributed by atoms with van der Waals surface area (Å²) < 4.78 is 35.5. The Morgan fingerprint density at radius 2 is 1.94 bits per heavy atom. The molecule has 0 unspecified atom stereocenters. The number of benzene rings is 1. The highest BCUT2D eigenvalue weighted by atomic mass is 32.2. The zero-order valence-electron chi connectivity index (χ0n) is 18.7. The first-order valence-electron chi connectivity index (χ1n) is 10.9. The van der Waals surface area contributed by atoms with Crippen molar-refractivity contribution in [2.45, 2.75) is 31.8 Å². The van der Waals surface area contributed by atoms with E-state index in [9.17, 15) is 13.2 Å². The van der Waals surface area contributed by atoms with Gasteiger partial charge >= 0.3 is 0 Å². The molecule has 1 aliphatic heterocycles. The summed E-state index contributed by atoms with van der Waals surface area (Å²) in [5.74, 6) is 0.306. The Labute approximate surface area is 189 Å². The number of rotatable bonds is 10. The summed E-state index contributed by atoms with van der Waals surface area (Å²) in [5, 5.41) is 6.71. The summed E-state index contributed by atoms with van der Waals surface area (Å²) in [6.45, 7) is 10.4. The van der Waals surface area contributed by atoms with Crippen molar-refractivity contribution in [3.63, 3.8) is 0 Å². The minimum absolute atomic E-state index is 0.0596. The average molecular weight is 462 g/mol. The molecule has 1 N–H and O–H groups in total. The van der Waals surface area contributed by atoms with Crippen LogP contribution in [-0.2, 0) is 16.6 Å². The molecule has 0 spiro atoms. The van der Waals surface area contributed by atoms with Crippen LogP contribution in [-0.4, -0.2) is 67.7 Å². The number of para-hydroxylation sites is 2. The van der Waals surface area contributed by atoms with Crippen LogP contribution in [0.3, 0.4) is 0 Å². The van der Waals surface area contributed by atoms with Crippen LogP contribution in [0.15, 0.2) is 48.1 Å². The molecule has 2 heterocycles. The van der Waals surface area contributed by atoms with Crippen LogP contribution in [0.1, 0.15) is 30.6 Å². The molecule has 1 aliphatic rings. The van der Waals surface area contributed by atoms with Crippen LogP contribution in [0, 0.1) is 0 Å². The Kier molecular flexibility index (Phi) is 7.92. The third-order valence-corrected chi connectivity index (χ3v) is 7.00. The number of ether oxygens (including phenoxy) is 1. The summed E-state index contributed by atoms with van der Waals surface area (Å²) in [4.78, 5) is 14.7. The van der Waals surface area contributed by atoms with Crippen LogP contribution < -0.4 is 15.0 Å². The number of carbonyl (C=O) groups excluding carboxylic acids is 1. The van der Waals surface area contributed by atoms with Crippen molar-refractivity contribution in [2.24, 2.45) is 0 Å². The Hall–Kier alpha value is -2.85. The zero-order chi connectivity index (χ0) is 23.1. The van der Waals surface area contributed by atoms with E-state index in [0.29, 0.717) is 26.2 Å². The molecule has 9 nitrogen and oxygen atoms in total. The Morgan fingerprint density at radius 3 is 2.59 bits per heavy atom. The van der Waals surface area contributed by atoms with Crippen molar-refractivity contribution in [2.75, 3.05) is 44.2 Å². The zero-order valence-corrected chi connectivity index (χ0v) is 19.5. The molecule has 2 aromatic rings. The number of carbonyl (C=O) groups is 1. The lowest BCUT2D eigenvalue weighted by atomic mass is 10.2. The second-order valence-electron chi connectivity index (χ2n) is 7.40. The SMILES string of the molecule is C=CCNC(=O)c1cn(CCC)nc1S(=O)(=O)N1CCN(c2ccccc2OCC)CC1. The predicted octanol–water partition coefficient (Wildman–Crippen LogP) is 2.12. The summed E-state index contributed by atoms with van der Waals surface area (Å²) in [6.07, 6.45) is 3.82. The first kappa shape index (κ1) is 23.8. The molecule has 3 rings (SSSR count). The molecule has 10 heteroatoms. The summed E-state index contributed by atoms with van der Waals surface area (Å²) in [5.41, 5.74) is 1.01. The first-order valence-corrected chi connectivity index (χ1v) is 12.3. The van der Waals surface area contributed by atoms with Crippen LogP contribution >= 0.6 is 0 Å². The maximum Gasteiger partial charge on any atom is 0.263 e. The number of hydrogen-bond acceptors (Lipinski definition) is 6. The van der Waals surface area contributed by atoms with E-state index < -0.39 is 15.9 Å². The number of piperazine rings is 1. The molecule has 32 heavy (non-hydrogen) atoms. The molecule has 1 aromatic carbocycles. The minimum Gasteiger partial charge on any atom is -0.492 e. The number of nitrogens with zero attached hydrogens (tertiary/aromatic N) is 4. The van der Waals surface area contributed by atoms with Gasteiger partial charge in [-0.15, -0.1) is 6.58 Å². The van der Waals surface area contributed by atoms with Crippen LogP contribution in [0.5, 0.6) is 5.75 Å². The minimum atomic E-state index is -3.93. The van der Waals surface area contributed by atoms with Crippen LogP contribution in [0.25, 0.3) is 0 Å². The highest BCUT2D eigenvalue weighted by Gasteiger charge is 2.35. The van der Waals surface area contributed by atoms with E-state index in [4.69, 9.17) is 4.74 Å². The molecule has 1 saturated heterocycles. The van der Waals surface area contributed by atoms with Gasteiger partial charge in [-0.1, -0.05) is 25.1 Å². The third-order valence-electron chi connectivity index (χ3n) is 5.16. The monoisotopic (exact) mass is 461 g/mol. The molecule has 1 fully saturated rings. The van der Waals surface area contributed by atoms with Gasteiger partial charge in [0.05, 0.1) is 17.9 Å². The molecule has 1 amide bonds. The fourth-order valence-electron chi connectivity index (χ4n) is 3.64. The Morgan fingerprint density at radius 1 is 1.22 bits per heavy atom. The van der Waals surface area contributed by atoms with Crippen molar-refractivity contribution in [3.05, 3.63) is 48.7 Å². The lowest BCUT2D eigenvalue weighted by molar-refractivity contribution is 0.0954. The first-order chi connectivity index (χ1) is 15.4. The van der Waals surface area contributed by atoms with Gasteiger partial charge in [0.25, 0.3) is 15.9 Å². The van der Waals surface area contributed by atoms with E-state index in [1.54, 1.807) is 6.08 Å². The largest absolute Gasteiger partial charge is 0.492 e. The highest BCUT2D eigenvalue weighted by Crippen LogP contribution is 2.30. The summed E-state index contributed by atoms with van der Waals surface area (Å²) in [6, 6.07) is 7.75. The molecule has 174 valence electrons. The molecular weight excluding hydrogens is 430 g/mol. The van der Waals surface area contributed by atoms with Crippen molar-refractivity contribution in [3.8, 4) is 5.75 Å². The van der Waals surface area contributed by atoms with E-state index in [1.807, 2.05) is 38.1 Å². The summed E-state index contributed by atoms with van der Waals surface area (Å²) >= 11 is 0. The van der Waals surface area contributed by atoms with Crippen LogP contribution in [0.4, 0.5) is 5.69 Å². The maximum atomic E-state index is 13.4. The Balaban J connectivity index is 1.81. The Bertz CT molecular complexity index is 1040. The standard InChI is InChI=1S/C22H31N5O4S/c1-4-11-23-21(28)18-17-26(12-5-2)24-22(18)32(29,30)27-15-13-25(14-16-27)19-9-7-8-10-20(19)31-6-3/h4,7-10,17H,1,5-6,11-16H2,2-3H3,(H,23,28). The van der Waals surface area contributed by atoms with Gasteiger partial charge in [0.2, 0.25) is 5.03 Å². The topological polar surface area (TPSA) is 96.8 Å². The predicted molar refractivity (Wildman–Crippen MR) is 124 cm³/mol. The number of sulfonamides is 1. The van der Waals surface area contributed by atoms with E-state index in [-0.39, 0.29) is 30.2 Å². The number of aryl methyl sites for hydroxylation is 1. The second-order valence-corrected chi connectivity index (χ2v) is 9.25. The molecule has 0 aliphatic carbocycles. The third kappa shape index (κ3) is 5.13. The summed E-state index contributed by atoms with van der Waals surface area (Å²) in [7, 11) is -3.93. The fourth-order valence-corrected chi connectivity index (χ4v) is 5.16. The van der Waals surface area contributed by atoms with Crippen LogP contribution in [0.2, 0.25) is 0 Å². The molecule has 0 radical (unpaired) electrons. The molecular formula is C22H31N5O4S. The van der Waals surface area contributed by atoms with Gasteiger partial charge in [-0.05, 0) is 25.5 Å². The lowest BCUT2D eigenvalue weighted by Gasteiger charge is -2.35. The normalized spacial score (nSPS) is 14.9. The van der Waals surface area contributed by atoms with E-state index in [0.717, 1.165) is 17.9 Å². The number of amides is 1. The number of nitrogens with one attached hydrogen (secondary N) is 1.